The maximum absolute atomic E-state index is 6.60. The van der Waals surface area contributed by atoms with Crippen LogP contribution >= 0.6 is 11.3 Å². The minimum absolute atomic E-state index is 0.0723. The molecule has 3 heterocycles. The first-order valence-corrected chi connectivity index (χ1v) is 16.0. The summed E-state index contributed by atoms with van der Waals surface area (Å²) < 4.78 is 15.5. The van der Waals surface area contributed by atoms with Gasteiger partial charge >= 0.3 is 0 Å². The third-order valence-electron chi connectivity index (χ3n) is 9.13. The largest absolute Gasteiger partial charge is 0.458 e. The van der Waals surface area contributed by atoms with Crippen LogP contribution in [0.1, 0.15) is 0 Å². The van der Waals surface area contributed by atoms with Crippen molar-refractivity contribution in [1.29, 1.82) is 0 Å². The number of ether oxygens (including phenoxy) is 2. The second-order valence-electron chi connectivity index (χ2n) is 11.7. The molecule has 3 nitrogen and oxygen atoms in total. The monoisotopic (exact) mass is 593 g/mol. The van der Waals surface area contributed by atoms with E-state index in [9.17, 15) is 0 Å². The highest BCUT2D eigenvalue weighted by Gasteiger charge is 2.40. The highest BCUT2D eigenvalue weighted by Crippen LogP contribution is 2.42. The molecule has 0 radical (unpaired) electrons. The summed E-state index contributed by atoms with van der Waals surface area (Å²) in [6, 6.07) is 51.7. The molecule has 2 aliphatic heterocycles. The lowest BCUT2D eigenvalue weighted by atomic mass is 9.35. The van der Waals surface area contributed by atoms with Gasteiger partial charge in [0.05, 0.1) is 0 Å². The van der Waals surface area contributed by atoms with E-state index in [2.05, 4.69) is 132 Å². The van der Waals surface area contributed by atoms with Crippen molar-refractivity contribution in [3.63, 3.8) is 0 Å². The molecule has 0 saturated carbocycles. The maximum atomic E-state index is 6.60. The number of fused-ring (bicyclic) bond motifs is 8. The number of benzene rings is 7. The van der Waals surface area contributed by atoms with Crippen molar-refractivity contribution in [2.24, 2.45) is 0 Å². The standard InChI is InChI=1S/C40H24BNO2S/c1-3-10-27(11-4-1)42(28-12-5-2-6-13-28)29-19-18-25-21-30-31-23-37-33(24-39(31)45-38(30)22-26(25)20-29)41-32-14-7-8-15-34(32)43-35-16-9-17-36(44-37)40(35)41/h1-24H. The predicted molar refractivity (Wildman–Crippen MR) is 189 cm³/mol. The van der Waals surface area contributed by atoms with Gasteiger partial charge in [0.1, 0.15) is 23.0 Å². The van der Waals surface area contributed by atoms with Gasteiger partial charge in [0.25, 0.3) is 6.71 Å². The molecule has 0 bridgehead atoms. The fourth-order valence-electron chi connectivity index (χ4n) is 7.12. The van der Waals surface area contributed by atoms with Gasteiger partial charge in [-0.25, -0.2) is 0 Å². The quantitative estimate of drug-likeness (QED) is 0.191. The van der Waals surface area contributed by atoms with Crippen LogP contribution in [0.2, 0.25) is 0 Å². The molecule has 0 N–H and O–H groups in total. The van der Waals surface area contributed by atoms with Gasteiger partial charge in [-0.3, -0.25) is 0 Å². The normalized spacial score (nSPS) is 12.8. The van der Waals surface area contributed by atoms with Gasteiger partial charge in [0.2, 0.25) is 0 Å². The van der Waals surface area contributed by atoms with Crippen LogP contribution in [0.5, 0.6) is 23.0 Å². The van der Waals surface area contributed by atoms with Gasteiger partial charge in [-0.15, -0.1) is 11.3 Å². The second kappa shape index (κ2) is 9.49. The topological polar surface area (TPSA) is 21.7 Å². The third kappa shape index (κ3) is 3.78. The number of anilines is 3. The molecule has 1 aromatic heterocycles. The van der Waals surface area contributed by atoms with Crippen LogP contribution in [0.3, 0.4) is 0 Å². The van der Waals surface area contributed by atoms with Crippen molar-refractivity contribution in [2.75, 3.05) is 4.90 Å². The Hall–Kier alpha value is -5.52. The molecule has 210 valence electrons. The summed E-state index contributed by atoms with van der Waals surface area (Å²) >= 11 is 1.85. The zero-order chi connectivity index (χ0) is 29.5. The Morgan fingerprint density at radius 2 is 1.09 bits per heavy atom. The molecular formula is C40H24BNO2S. The van der Waals surface area contributed by atoms with E-state index in [-0.39, 0.29) is 6.71 Å². The van der Waals surface area contributed by atoms with Gasteiger partial charge in [0.15, 0.2) is 0 Å². The minimum Gasteiger partial charge on any atom is -0.458 e. The smallest absolute Gasteiger partial charge is 0.260 e. The molecule has 0 fully saturated rings. The van der Waals surface area contributed by atoms with Gasteiger partial charge in [-0.05, 0) is 101 Å². The summed E-state index contributed by atoms with van der Waals surface area (Å²) in [4.78, 5) is 2.32. The van der Waals surface area contributed by atoms with E-state index in [0.29, 0.717) is 0 Å². The lowest BCUT2D eigenvalue weighted by molar-refractivity contribution is 0.465. The lowest BCUT2D eigenvalue weighted by Gasteiger charge is -2.32. The Morgan fingerprint density at radius 3 is 1.87 bits per heavy atom. The number of thiophene rings is 1. The average Bonchev–Trinajstić information content (AvgIpc) is 3.43. The Kier molecular flexibility index (Phi) is 5.25. The summed E-state index contributed by atoms with van der Waals surface area (Å²) in [5, 5.41) is 4.94. The molecule has 5 heteroatoms. The number of rotatable bonds is 3. The summed E-state index contributed by atoms with van der Waals surface area (Å²) in [7, 11) is 0. The summed E-state index contributed by atoms with van der Waals surface area (Å²) in [6.07, 6.45) is 0. The molecular weight excluding hydrogens is 569 g/mol. The third-order valence-corrected chi connectivity index (χ3v) is 10.2. The van der Waals surface area contributed by atoms with Crippen molar-refractivity contribution >= 4 is 82.4 Å². The zero-order valence-electron chi connectivity index (χ0n) is 24.1. The number of hydrogen-bond acceptors (Lipinski definition) is 4. The highest BCUT2D eigenvalue weighted by atomic mass is 32.1. The molecule has 0 unspecified atom stereocenters. The Labute approximate surface area is 264 Å². The van der Waals surface area contributed by atoms with Gasteiger partial charge < -0.3 is 14.4 Å². The fourth-order valence-corrected chi connectivity index (χ4v) is 8.28. The van der Waals surface area contributed by atoms with Crippen LogP contribution in [0.15, 0.2) is 146 Å². The van der Waals surface area contributed by atoms with E-state index >= 15 is 0 Å². The number of para-hydroxylation sites is 3. The van der Waals surface area contributed by atoms with E-state index in [4.69, 9.17) is 9.47 Å². The van der Waals surface area contributed by atoms with E-state index in [1.54, 1.807) is 0 Å². The van der Waals surface area contributed by atoms with Crippen molar-refractivity contribution in [3.05, 3.63) is 146 Å². The number of nitrogens with zero attached hydrogens (tertiary/aromatic N) is 1. The van der Waals surface area contributed by atoms with E-state index in [0.717, 1.165) is 45.5 Å². The highest BCUT2D eigenvalue weighted by molar-refractivity contribution is 7.26. The van der Waals surface area contributed by atoms with Crippen LogP contribution < -0.4 is 30.8 Å². The molecule has 7 aromatic carbocycles. The molecule has 2 aliphatic rings. The summed E-state index contributed by atoms with van der Waals surface area (Å²) in [5.41, 5.74) is 6.89. The lowest BCUT2D eigenvalue weighted by Crippen LogP contribution is -2.57. The van der Waals surface area contributed by atoms with E-state index in [1.165, 1.54) is 41.9 Å². The Morgan fingerprint density at radius 1 is 0.444 bits per heavy atom. The molecule has 0 spiro atoms. The van der Waals surface area contributed by atoms with E-state index < -0.39 is 0 Å². The first-order chi connectivity index (χ1) is 22.3. The van der Waals surface area contributed by atoms with Crippen LogP contribution in [0.25, 0.3) is 30.9 Å². The zero-order valence-corrected chi connectivity index (χ0v) is 24.9. The predicted octanol–water partition coefficient (Wildman–Crippen LogP) is 9.41. The molecule has 0 aliphatic carbocycles. The van der Waals surface area contributed by atoms with Crippen LogP contribution in [-0.2, 0) is 0 Å². The van der Waals surface area contributed by atoms with Crippen molar-refractivity contribution in [3.8, 4) is 23.0 Å². The Bertz CT molecular complexity index is 2420. The maximum Gasteiger partial charge on any atom is 0.260 e. The fraction of sp³-hybridized carbons (Fsp3) is 0. The van der Waals surface area contributed by atoms with Crippen molar-refractivity contribution in [2.45, 2.75) is 0 Å². The molecule has 8 aromatic rings. The Balaban J connectivity index is 1.14. The molecule has 0 amide bonds. The molecule has 45 heavy (non-hydrogen) atoms. The SMILES string of the molecule is c1ccc(N(c2ccccc2)c2ccc3cc4c(cc3c2)sc2cc3c(cc24)Oc2cccc4c2B3c2ccccc2O4)cc1. The van der Waals surface area contributed by atoms with E-state index in [1.807, 2.05) is 29.5 Å². The van der Waals surface area contributed by atoms with Gasteiger partial charge in [0, 0.05) is 42.7 Å². The van der Waals surface area contributed by atoms with Gasteiger partial charge in [-0.2, -0.15) is 0 Å². The van der Waals surface area contributed by atoms with Crippen molar-refractivity contribution < 1.29 is 9.47 Å². The molecule has 0 saturated heterocycles. The summed E-state index contributed by atoms with van der Waals surface area (Å²) in [6.45, 7) is 0.0723. The van der Waals surface area contributed by atoms with Crippen LogP contribution in [0, 0.1) is 0 Å². The van der Waals surface area contributed by atoms with Crippen LogP contribution in [-0.4, -0.2) is 6.71 Å². The molecule has 10 rings (SSSR count). The first kappa shape index (κ1) is 24.9. The van der Waals surface area contributed by atoms with Crippen LogP contribution in [0.4, 0.5) is 17.1 Å². The van der Waals surface area contributed by atoms with Crippen molar-refractivity contribution in [1.82, 2.24) is 0 Å². The number of hydrogen-bond donors (Lipinski definition) is 0. The second-order valence-corrected chi connectivity index (χ2v) is 12.8. The summed E-state index contributed by atoms with van der Waals surface area (Å²) in [5.74, 6) is 3.59. The molecule has 0 atom stereocenters. The first-order valence-electron chi connectivity index (χ1n) is 15.2. The van der Waals surface area contributed by atoms with Gasteiger partial charge in [-0.1, -0.05) is 66.7 Å². The minimum atomic E-state index is 0.0723. The average molecular weight is 594 g/mol.